The van der Waals surface area contributed by atoms with Crippen LogP contribution in [0.25, 0.3) is 0 Å². The van der Waals surface area contributed by atoms with Crippen LogP contribution in [0, 0.1) is 23.7 Å². The molecule has 0 aromatic heterocycles. The first-order chi connectivity index (χ1) is 12.4. The Hall–Kier alpha value is 0.317. The van der Waals surface area contributed by atoms with Crippen LogP contribution in [-0.2, 0) is 13.9 Å². The molecule has 0 spiro atoms. The lowest BCUT2D eigenvalue weighted by Crippen LogP contribution is -2.56. The number of halogens is 1. The zero-order valence-electron chi connectivity index (χ0n) is 19.3. The van der Waals surface area contributed by atoms with Crippen LogP contribution in [0.1, 0.15) is 54.9 Å². The van der Waals surface area contributed by atoms with Crippen LogP contribution in [-0.4, -0.2) is 39.8 Å². The molecule has 0 aromatic carbocycles. The molecule has 0 heterocycles. The minimum atomic E-state index is -1.82. The summed E-state index contributed by atoms with van der Waals surface area (Å²) in [6.45, 7) is 21.3. The summed E-state index contributed by atoms with van der Waals surface area (Å²) in [6, 6.07) is 0. The quantitative estimate of drug-likeness (QED) is 0.175. The zero-order chi connectivity index (χ0) is 21.0. The van der Waals surface area contributed by atoms with Crippen LogP contribution in [0.4, 0.5) is 0 Å². The second-order valence-electron chi connectivity index (χ2n) is 10.0. The van der Waals surface area contributed by atoms with Gasteiger partial charge >= 0.3 is 0 Å². The first kappa shape index (κ1) is 25.4. The molecule has 0 N–H and O–H groups in total. The van der Waals surface area contributed by atoms with E-state index < -0.39 is 8.32 Å². The highest BCUT2D eigenvalue weighted by molar-refractivity contribution is 9.09. The molecule has 0 radical (unpaired) electrons. The largest absolute Gasteiger partial charge is 0.413 e. The molecule has 27 heavy (non-hydrogen) atoms. The molecule has 0 bridgehead atoms. The average molecular weight is 464 g/mol. The van der Waals surface area contributed by atoms with Crippen LogP contribution in [0.5, 0.6) is 0 Å². The van der Waals surface area contributed by atoms with Gasteiger partial charge in [-0.1, -0.05) is 69.1 Å². The van der Waals surface area contributed by atoms with Gasteiger partial charge in [0.1, 0.15) is 6.79 Å². The molecule has 1 saturated carbocycles. The zero-order valence-corrected chi connectivity index (χ0v) is 21.9. The molecule has 1 fully saturated rings. The Balaban J connectivity index is 3.14. The molecule has 3 nitrogen and oxygen atoms in total. The van der Waals surface area contributed by atoms with Gasteiger partial charge in [-0.2, -0.15) is 0 Å². The van der Waals surface area contributed by atoms with Gasteiger partial charge in [0.2, 0.25) is 0 Å². The van der Waals surface area contributed by atoms with Gasteiger partial charge in [0, 0.05) is 12.4 Å². The van der Waals surface area contributed by atoms with Gasteiger partial charge < -0.3 is 13.9 Å². The number of methoxy groups -OCH3 is 1. The maximum absolute atomic E-state index is 6.98. The topological polar surface area (TPSA) is 27.7 Å². The lowest BCUT2D eigenvalue weighted by atomic mass is 9.65. The molecule has 6 atom stereocenters. The van der Waals surface area contributed by atoms with Gasteiger partial charge in [0.15, 0.2) is 8.32 Å². The molecule has 1 rings (SSSR count). The highest BCUT2D eigenvalue weighted by Crippen LogP contribution is 2.46. The second-order valence-corrected chi connectivity index (χ2v) is 15.4. The molecule has 0 aliphatic heterocycles. The average Bonchev–Trinajstić information content (AvgIpc) is 2.58. The minimum Gasteiger partial charge on any atom is -0.413 e. The van der Waals surface area contributed by atoms with Crippen molar-refractivity contribution < 1.29 is 13.9 Å². The van der Waals surface area contributed by atoms with Crippen molar-refractivity contribution in [3.63, 3.8) is 0 Å². The van der Waals surface area contributed by atoms with E-state index >= 15 is 0 Å². The van der Waals surface area contributed by atoms with E-state index in [0.29, 0.717) is 30.5 Å². The van der Waals surface area contributed by atoms with Gasteiger partial charge in [-0.05, 0) is 55.1 Å². The fraction of sp³-hybridized carbons (Fsp3) is 0.909. The Morgan fingerprint density at radius 2 is 1.59 bits per heavy atom. The summed E-state index contributed by atoms with van der Waals surface area (Å²) in [6.07, 6.45) is 3.88. The summed E-state index contributed by atoms with van der Waals surface area (Å²) in [4.78, 5) is 0. The molecular weight excluding hydrogens is 420 g/mol. The van der Waals surface area contributed by atoms with Crippen molar-refractivity contribution in [1.82, 2.24) is 0 Å². The second kappa shape index (κ2) is 10.4. The van der Waals surface area contributed by atoms with Crippen LogP contribution >= 0.6 is 15.9 Å². The van der Waals surface area contributed by atoms with Crippen molar-refractivity contribution >= 4 is 24.2 Å². The van der Waals surface area contributed by atoms with E-state index in [1.54, 1.807) is 7.11 Å². The van der Waals surface area contributed by atoms with Crippen LogP contribution in [0.2, 0.25) is 18.1 Å². The third-order valence-corrected chi connectivity index (χ3v) is 12.4. The van der Waals surface area contributed by atoms with Crippen molar-refractivity contribution in [3.05, 3.63) is 11.6 Å². The van der Waals surface area contributed by atoms with Crippen molar-refractivity contribution in [3.8, 4) is 0 Å². The number of allylic oxidation sites excluding steroid dienone is 2. The summed E-state index contributed by atoms with van der Waals surface area (Å²) in [5.74, 6) is 1.80. The maximum Gasteiger partial charge on any atom is 0.192 e. The van der Waals surface area contributed by atoms with Gasteiger partial charge in [-0.3, -0.25) is 0 Å². The van der Waals surface area contributed by atoms with Gasteiger partial charge in [0.05, 0.1) is 12.2 Å². The number of rotatable bonds is 8. The number of hydrogen-bond acceptors (Lipinski definition) is 3. The Morgan fingerprint density at radius 3 is 2.07 bits per heavy atom. The van der Waals surface area contributed by atoms with E-state index in [4.69, 9.17) is 13.9 Å². The van der Waals surface area contributed by atoms with Crippen molar-refractivity contribution in [2.75, 3.05) is 19.2 Å². The van der Waals surface area contributed by atoms with E-state index in [0.717, 1.165) is 11.8 Å². The lowest BCUT2D eigenvalue weighted by Gasteiger charge is -2.52. The predicted molar refractivity (Wildman–Crippen MR) is 122 cm³/mol. The molecule has 0 saturated heterocycles. The van der Waals surface area contributed by atoms with Gasteiger partial charge in [-0.25, -0.2) is 0 Å². The van der Waals surface area contributed by atoms with E-state index in [1.165, 1.54) is 5.57 Å². The van der Waals surface area contributed by atoms with E-state index in [9.17, 15) is 0 Å². The van der Waals surface area contributed by atoms with Crippen LogP contribution in [0.3, 0.4) is 0 Å². The summed E-state index contributed by atoms with van der Waals surface area (Å²) >= 11 is 3.57. The monoisotopic (exact) mass is 462 g/mol. The fourth-order valence-corrected chi connectivity index (χ4v) is 5.60. The number of hydrogen-bond donors (Lipinski definition) is 0. The Morgan fingerprint density at radius 1 is 1.04 bits per heavy atom. The van der Waals surface area contributed by atoms with Crippen molar-refractivity contribution in [2.45, 2.75) is 85.2 Å². The van der Waals surface area contributed by atoms with Crippen LogP contribution < -0.4 is 0 Å². The standard InChI is InChI=1S/C22H43BrO3Si/c1-15(13-23)11-12-19-18(4)20(26-27(9,10)22(5,6)7)16(2)17(3)21(19)25-14-24-8/h11,16-21H,12-14H2,1-10H3/b15-11+/t16-,17+,18+,19+,20+,21-/m0/s1. The van der Waals surface area contributed by atoms with Gasteiger partial charge in [-0.15, -0.1) is 0 Å². The molecule has 0 unspecified atom stereocenters. The molecular formula is C22H43BrO3Si. The Bertz CT molecular complexity index is 486. The first-order valence-electron chi connectivity index (χ1n) is 10.4. The fourth-order valence-electron chi connectivity index (χ4n) is 3.90. The van der Waals surface area contributed by atoms with Gasteiger partial charge in [0.25, 0.3) is 0 Å². The maximum atomic E-state index is 6.98. The summed E-state index contributed by atoms with van der Waals surface area (Å²) < 4.78 is 18.4. The first-order valence-corrected chi connectivity index (χ1v) is 14.4. The van der Waals surface area contributed by atoms with E-state index in [1.807, 2.05) is 0 Å². The third-order valence-electron chi connectivity index (χ3n) is 7.05. The van der Waals surface area contributed by atoms with E-state index in [-0.39, 0.29) is 17.2 Å². The molecule has 5 heteroatoms. The van der Waals surface area contributed by atoms with Crippen molar-refractivity contribution in [1.29, 1.82) is 0 Å². The Kier molecular flexibility index (Phi) is 9.74. The summed E-state index contributed by atoms with van der Waals surface area (Å²) in [5.41, 5.74) is 1.38. The number of ether oxygens (including phenoxy) is 2. The summed E-state index contributed by atoms with van der Waals surface area (Å²) in [7, 11) is -0.121. The highest BCUT2D eigenvalue weighted by Gasteiger charge is 2.49. The minimum absolute atomic E-state index is 0.202. The third kappa shape index (κ3) is 6.40. The lowest BCUT2D eigenvalue weighted by molar-refractivity contribution is -0.165. The normalized spacial score (nSPS) is 33.4. The van der Waals surface area contributed by atoms with Crippen LogP contribution in [0.15, 0.2) is 11.6 Å². The number of alkyl halides is 1. The Labute approximate surface area is 177 Å². The smallest absolute Gasteiger partial charge is 0.192 e. The molecule has 0 aromatic rings. The molecule has 0 amide bonds. The summed E-state index contributed by atoms with van der Waals surface area (Å²) in [5, 5.41) is 1.15. The molecule has 1 aliphatic carbocycles. The predicted octanol–water partition coefficient (Wildman–Crippen LogP) is 6.64. The van der Waals surface area contributed by atoms with Crippen molar-refractivity contribution in [2.24, 2.45) is 23.7 Å². The molecule has 1 aliphatic rings. The molecule has 160 valence electrons. The SMILES string of the molecule is COCO[C@H]1[C@H](C)[C@H](C)[C@@H](O[Si](C)(C)C(C)(C)C)[C@H](C)[C@H]1C/C=C(\C)CBr. The van der Waals surface area contributed by atoms with E-state index in [2.05, 4.69) is 83.6 Å². The highest BCUT2D eigenvalue weighted by atomic mass is 79.9.